The van der Waals surface area contributed by atoms with E-state index in [-0.39, 0.29) is 17.0 Å². The largest absolute Gasteiger partial charge is 0.457 e. The van der Waals surface area contributed by atoms with Crippen LogP contribution in [-0.4, -0.2) is 9.97 Å². The summed E-state index contributed by atoms with van der Waals surface area (Å²) >= 11 is 5.90. The highest BCUT2D eigenvalue weighted by Gasteiger charge is 2.10. The Morgan fingerprint density at radius 3 is 2.67 bits per heavy atom. The number of para-hydroxylation sites is 1. The van der Waals surface area contributed by atoms with E-state index < -0.39 is 0 Å². The molecule has 0 atom stereocenters. The number of nitrogens with one attached hydrogen (secondary N) is 1. The SMILES string of the molecule is N#C/C(=C\c1ccc(-c2ccc(Cl)cc2)o1)c1nc2ccccc2c(=O)[nH]1. The van der Waals surface area contributed by atoms with Gasteiger partial charge < -0.3 is 9.40 Å². The molecule has 0 amide bonds. The number of fused-ring (bicyclic) bond motifs is 1. The zero-order chi connectivity index (χ0) is 18.8. The molecule has 6 heteroatoms. The fraction of sp³-hybridized carbons (Fsp3) is 0. The van der Waals surface area contributed by atoms with Crippen LogP contribution < -0.4 is 5.56 Å². The van der Waals surface area contributed by atoms with E-state index in [2.05, 4.69) is 16.0 Å². The van der Waals surface area contributed by atoms with Crippen LogP contribution >= 0.6 is 11.6 Å². The third-order valence-corrected chi connectivity index (χ3v) is 4.28. The van der Waals surface area contributed by atoms with Gasteiger partial charge in [0.25, 0.3) is 5.56 Å². The van der Waals surface area contributed by atoms with Gasteiger partial charge in [-0.3, -0.25) is 4.79 Å². The molecule has 4 rings (SSSR count). The van der Waals surface area contributed by atoms with Crippen molar-refractivity contribution in [3.8, 4) is 17.4 Å². The number of halogens is 1. The van der Waals surface area contributed by atoms with E-state index in [0.29, 0.717) is 27.4 Å². The Labute approximate surface area is 159 Å². The van der Waals surface area contributed by atoms with E-state index in [1.165, 1.54) is 0 Å². The monoisotopic (exact) mass is 373 g/mol. The lowest BCUT2D eigenvalue weighted by Gasteiger charge is -2.01. The molecule has 2 heterocycles. The highest BCUT2D eigenvalue weighted by atomic mass is 35.5. The van der Waals surface area contributed by atoms with Crippen molar-refractivity contribution in [3.63, 3.8) is 0 Å². The summed E-state index contributed by atoms with van der Waals surface area (Å²) < 4.78 is 5.79. The average molecular weight is 374 g/mol. The maximum atomic E-state index is 12.2. The van der Waals surface area contributed by atoms with Crippen molar-refractivity contribution in [1.29, 1.82) is 5.26 Å². The second-order valence-corrected chi connectivity index (χ2v) is 6.25. The molecule has 0 aliphatic heterocycles. The molecule has 130 valence electrons. The van der Waals surface area contributed by atoms with Gasteiger partial charge in [0.1, 0.15) is 17.6 Å². The number of benzene rings is 2. The summed E-state index contributed by atoms with van der Waals surface area (Å²) in [5.74, 6) is 1.33. The quantitative estimate of drug-likeness (QED) is 0.518. The van der Waals surface area contributed by atoms with E-state index in [1.807, 2.05) is 12.1 Å². The van der Waals surface area contributed by atoms with Crippen molar-refractivity contribution >= 4 is 34.2 Å². The molecule has 1 N–H and O–H groups in total. The second-order valence-electron chi connectivity index (χ2n) is 5.81. The van der Waals surface area contributed by atoms with Crippen LogP contribution in [0.3, 0.4) is 0 Å². The smallest absolute Gasteiger partial charge is 0.259 e. The molecule has 2 aromatic carbocycles. The molecule has 27 heavy (non-hydrogen) atoms. The third-order valence-electron chi connectivity index (χ3n) is 4.03. The Morgan fingerprint density at radius 2 is 1.89 bits per heavy atom. The first-order valence-electron chi connectivity index (χ1n) is 8.11. The lowest BCUT2D eigenvalue weighted by Crippen LogP contribution is -2.11. The molecule has 2 aromatic heterocycles. The van der Waals surface area contributed by atoms with Crippen molar-refractivity contribution < 1.29 is 4.42 Å². The summed E-state index contributed by atoms with van der Waals surface area (Å²) in [4.78, 5) is 19.3. The predicted molar refractivity (Wildman–Crippen MR) is 105 cm³/mol. The number of nitrogens with zero attached hydrogens (tertiary/aromatic N) is 2. The molecule has 0 bridgehead atoms. The van der Waals surface area contributed by atoms with Gasteiger partial charge >= 0.3 is 0 Å². The normalized spacial score (nSPS) is 11.5. The van der Waals surface area contributed by atoms with Crippen LogP contribution in [0, 0.1) is 11.3 Å². The molecular weight excluding hydrogens is 362 g/mol. The van der Waals surface area contributed by atoms with E-state index in [4.69, 9.17) is 16.0 Å². The van der Waals surface area contributed by atoms with E-state index in [0.717, 1.165) is 5.56 Å². The van der Waals surface area contributed by atoms with Gasteiger partial charge in [-0.15, -0.1) is 0 Å². The maximum absolute atomic E-state index is 12.2. The molecule has 4 aromatic rings. The van der Waals surface area contributed by atoms with Crippen molar-refractivity contribution in [2.75, 3.05) is 0 Å². The Morgan fingerprint density at radius 1 is 1.11 bits per heavy atom. The molecule has 0 aliphatic rings. The minimum Gasteiger partial charge on any atom is -0.457 e. The number of H-pyrrole nitrogens is 1. The van der Waals surface area contributed by atoms with Gasteiger partial charge in [0.15, 0.2) is 5.82 Å². The second kappa shape index (κ2) is 6.94. The molecule has 0 saturated heterocycles. The number of allylic oxidation sites excluding steroid dienone is 1. The number of nitriles is 1. The summed E-state index contributed by atoms with van der Waals surface area (Å²) in [5.41, 5.74) is 1.31. The number of hydrogen-bond donors (Lipinski definition) is 1. The highest BCUT2D eigenvalue weighted by Crippen LogP contribution is 2.25. The van der Waals surface area contributed by atoms with Crippen LogP contribution in [0.4, 0.5) is 0 Å². The lowest BCUT2D eigenvalue weighted by atomic mass is 10.2. The summed E-state index contributed by atoms with van der Waals surface area (Å²) in [6.45, 7) is 0. The number of hydrogen-bond acceptors (Lipinski definition) is 4. The first-order valence-corrected chi connectivity index (χ1v) is 8.49. The van der Waals surface area contributed by atoms with Crippen LogP contribution in [0.15, 0.2) is 69.9 Å². The van der Waals surface area contributed by atoms with Crippen LogP contribution in [0.25, 0.3) is 33.9 Å². The van der Waals surface area contributed by atoms with Crippen molar-refractivity contribution in [3.05, 3.63) is 87.6 Å². The Balaban J connectivity index is 1.73. The molecule has 5 nitrogen and oxygen atoms in total. The zero-order valence-corrected chi connectivity index (χ0v) is 14.7. The Kier molecular flexibility index (Phi) is 4.33. The van der Waals surface area contributed by atoms with Crippen molar-refractivity contribution in [2.45, 2.75) is 0 Å². The average Bonchev–Trinajstić information content (AvgIpc) is 3.15. The topological polar surface area (TPSA) is 82.7 Å². The first kappa shape index (κ1) is 16.8. The summed E-state index contributed by atoms with van der Waals surface area (Å²) in [7, 11) is 0. The minimum absolute atomic E-state index is 0.200. The van der Waals surface area contributed by atoms with Gasteiger partial charge in [-0.2, -0.15) is 5.26 Å². The van der Waals surface area contributed by atoms with Crippen LogP contribution in [0.2, 0.25) is 5.02 Å². The van der Waals surface area contributed by atoms with Crippen molar-refractivity contribution in [1.82, 2.24) is 9.97 Å². The standard InChI is InChI=1S/C21H12ClN3O2/c22-15-7-5-13(6-8-15)19-10-9-16(27-19)11-14(12-23)20-24-18-4-2-1-3-17(18)21(26)25-20/h1-11H,(H,24,25,26)/b14-11+. The van der Waals surface area contributed by atoms with Gasteiger partial charge in [0.2, 0.25) is 0 Å². The van der Waals surface area contributed by atoms with Gasteiger partial charge in [0.05, 0.1) is 16.5 Å². The number of aromatic amines is 1. The first-order chi connectivity index (χ1) is 13.1. The highest BCUT2D eigenvalue weighted by molar-refractivity contribution is 6.30. The van der Waals surface area contributed by atoms with Gasteiger partial charge in [-0.05, 0) is 48.5 Å². The lowest BCUT2D eigenvalue weighted by molar-refractivity contribution is 0.572. The third kappa shape index (κ3) is 3.39. The molecular formula is C21H12ClN3O2. The fourth-order valence-corrected chi connectivity index (χ4v) is 2.84. The van der Waals surface area contributed by atoms with E-state index in [1.54, 1.807) is 54.6 Å². The molecule has 0 aliphatic carbocycles. The number of furan rings is 1. The Hall–Kier alpha value is -3.62. The number of rotatable bonds is 3. The summed E-state index contributed by atoms with van der Waals surface area (Å²) in [6.07, 6.45) is 1.55. The van der Waals surface area contributed by atoms with E-state index >= 15 is 0 Å². The van der Waals surface area contributed by atoms with Crippen LogP contribution in [0.1, 0.15) is 11.6 Å². The zero-order valence-electron chi connectivity index (χ0n) is 13.9. The maximum Gasteiger partial charge on any atom is 0.259 e. The van der Waals surface area contributed by atoms with Gasteiger partial charge in [0, 0.05) is 16.7 Å². The van der Waals surface area contributed by atoms with E-state index in [9.17, 15) is 10.1 Å². The molecule has 0 spiro atoms. The van der Waals surface area contributed by atoms with Crippen LogP contribution in [-0.2, 0) is 0 Å². The molecule has 0 unspecified atom stereocenters. The molecule has 0 fully saturated rings. The fourth-order valence-electron chi connectivity index (χ4n) is 2.71. The van der Waals surface area contributed by atoms with Gasteiger partial charge in [-0.1, -0.05) is 23.7 Å². The Bertz CT molecular complexity index is 1260. The minimum atomic E-state index is -0.293. The van der Waals surface area contributed by atoms with Gasteiger partial charge in [-0.25, -0.2) is 4.98 Å². The predicted octanol–water partition coefficient (Wildman–Crippen LogP) is 4.90. The number of aromatic nitrogens is 2. The van der Waals surface area contributed by atoms with Crippen LogP contribution in [0.5, 0.6) is 0 Å². The summed E-state index contributed by atoms with van der Waals surface area (Å²) in [5, 5.41) is 10.6. The van der Waals surface area contributed by atoms with Crippen molar-refractivity contribution in [2.24, 2.45) is 0 Å². The summed E-state index contributed by atoms with van der Waals surface area (Å²) in [6, 6.07) is 19.8. The molecule has 0 radical (unpaired) electrons. The molecule has 0 saturated carbocycles.